The number of likely N-dealkylation sites (tertiary alicyclic amines) is 1. The van der Waals surface area contributed by atoms with Gasteiger partial charge in [-0.2, -0.15) is 52.7 Å². The number of nitro groups is 2. The van der Waals surface area contributed by atoms with Crippen molar-refractivity contribution < 1.29 is 91.1 Å². The van der Waals surface area contributed by atoms with E-state index in [1.807, 2.05) is 0 Å². The summed E-state index contributed by atoms with van der Waals surface area (Å²) in [4.78, 5) is 51.5. The SMILES string of the molecule is C.C.C[C@@H](OC[C@@]1(c2ccccc2)CCC([N+](=O)[O-])=CN1C(=O)OCc1ccccc1)c1cc(C(F)(F)F)cc(C(F)(F)F)c1.C[C@@H](OC[C@@]1(c2ccccc2)CCC([N+](=O)[O-])CN1C(=O)OCc1ccccc1)c1cc(C(F)(F)F)cc(C(F)(F)F)c1. The Morgan fingerprint density at radius 3 is 1.28 bits per heavy atom. The average molecular weight is 1250 g/mol. The van der Waals surface area contributed by atoms with Gasteiger partial charge in [0.2, 0.25) is 6.04 Å². The van der Waals surface area contributed by atoms with E-state index in [0.29, 0.717) is 46.5 Å². The van der Waals surface area contributed by atoms with E-state index in [4.69, 9.17) is 18.9 Å². The van der Waals surface area contributed by atoms with Crippen molar-refractivity contribution in [1.29, 1.82) is 0 Å². The molecule has 2 aliphatic rings. The van der Waals surface area contributed by atoms with Gasteiger partial charge in [-0.05, 0) is 96.5 Å². The van der Waals surface area contributed by atoms with Gasteiger partial charge in [-0.15, -0.1) is 0 Å². The Labute approximate surface area is 498 Å². The molecule has 1 saturated heterocycles. The predicted octanol–water partition coefficient (Wildman–Crippen LogP) is 17.3. The molecule has 0 spiro atoms. The molecule has 14 nitrogen and oxygen atoms in total. The molecule has 26 heteroatoms. The van der Waals surface area contributed by atoms with E-state index in [0.717, 1.165) is 11.1 Å². The van der Waals surface area contributed by atoms with Crippen LogP contribution in [-0.4, -0.2) is 57.6 Å². The minimum absolute atomic E-state index is 0. The quantitative estimate of drug-likeness (QED) is 0.0517. The van der Waals surface area contributed by atoms with Crippen LogP contribution in [0.4, 0.5) is 62.3 Å². The number of amides is 2. The van der Waals surface area contributed by atoms with Crippen molar-refractivity contribution in [2.24, 2.45) is 0 Å². The van der Waals surface area contributed by atoms with E-state index in [1.165, 1.54) is 18.7 Å². The van der Waals surface area contributed by atoms with Crippen molar-refractivity contribution in [3.8, 4) is 0 Å². The van der Waals surface area contributed by atoms with Crippen LogP contribution in [0.1, 0.15) is 122 Å². The van der Waals surface area contributed by atoms with E-state index in [1.54, 1.807) is 121 Å². The van der Waals surface area contributed by atoms with E-state index < -0.39 is 105 Å². The molecule has 8 rings (SSSR count). The highest BCUT2D eigenvalue weighted by Crippen LogP contribution is 2.45. The van der Waals surface area contributed by atoms with Gasteiger partial charge in [0.25, 0.3) is 5.70 Å². The summed E-state index contributed by atoms with van der Waals surface area (Å²) in [7, 11) is 0. The summed E-state index contributed by atoms with van der Waals surface area (Å²) in [6, 6.07) is 35.3. The third-order valence-corrected chi connectivity index (χ3v) is 14.6. The first-order chi connectivity index (χ1) is 40.4. The van der Waals surface area contributed by atoms with Gasteiger partial charge in [0.05, 0.1) is 76.4 Å². The van der Waals surface area contributed by atoms with Crippen molar-refractivity contribution in [2.75, 3.05) is 19.8 Å². The molecular formula is C62H62F12N4O10. The van der Waals surface area contributed by atoms with Gasteiger partial charge in [-0.25, -0.2) is 9.59 Å². The van der Waals surface area contributed by atoms with Crippen LogP contribution < -0.4 is 0 Å². The molecule has 6 aromatic carbocycles. The Morgan fingerprint density at radius 1 is 0.545 bits per heavy atom. The fourth-order valence-corrected chi connectivity index (χ4v) is 9.87. The molecule has 0 aliphatic carbocycles. The van der Waals surface area contributed by atoms with Gasteiger partial charge in [0.1, 0.15) is 13.2 Å². The van der Waals surface area contributed by atoms with E-state index in [-0.39, 0.29) is 95.9 Å². The third kappa shape index (κ3) is 17.4. The standard InChI is InChI=1S/C30H28F6N2O5.C30H26F6N2O5.2CH4/c2*1-20(22-14-24(29(31,32)33)16-25(15-22)30(34,35)36)43-19-28(23-10-6-3-7-11-23)13-12-26(38(40)41)17-37(28)27(39)42-18-21-8-4-2-5-9-21;;/h2-11,14-16,20,26H,12-13,17-19H2,1H3;2-11,14-17,20H,12-13,18-19H2,1H3;2*1H4/t20-,26?,28-;20-,28-;;/m11../s1. The van der Waals surface area contributed by atoms with Crippen LogP contribution in [0, 0.1) is 20.2 Å². The summed E-state index contributed by atoms with van der Waals surface area (Å²) in [5, 5.41) is 23.4. The van der Waals surface area contributed by atoms with Crippen LogP contribution in [0.3, 0.4) is 0 Å². The van der Waals surface area contributed by atoms with E-state index >= 15 is 0 Å². The minimum atomic E-state index is -5.05. The Hall–Kier alpha value is -8.52. The monoisotopic (exact) mass is 1250 g/mol. The number of carbonyl (C=O) groups is 2. The number of benzene rings is 6. The highest BCUT2D eigenvalue weighted by molar-refractivity contribution is 5.71. The number of nitrogens with zero attached hydrogens (tertiary/aromatic N) is 4. The maximum absolute atomic E-state index is 13.5. The molecule has 88 heavy (non-hydrogen) atoms. The van der Waals surface area contributed by atoms with E-state index in [2.05, 4.69) is 0 Å². The molecule has 0 N–H and O–H groups in total. The van der Waals surface area contributed by atoms with Gasteiger partial charge in [0, 0.05) is 17.8 Å². The lowest BCUT2D eigenvalue weighted by Crippen LogP contribution is -2.59. The second kappa shape index (κ2) is 29.0. The topological polar surface area (TPSA) is 164 Å². The molecule has 2 heterocycles. The van der Waals surface area contributed by atoms with Crippen LogP contribution in [-0.2, 0) is 67.9 Å². The molecule has 1 fully saturated rings. The number of ether oxygens (including phenoxy) is 4. The Kier molecular flexibility index (Phi) is 23.1. The number of piperidine rings is 1. The summed E-state index contributed by atoms with van der Waals surface area (Å²) in [5.41, 5.74) is -7.52. The van der Waals surface area contributed by atoms with Gasteiger partial charge in [-0.1, -0.05) is 136 Å². The molecule has 474 valence electrons. The minimum Gasteiger partial charge on any atom is -0.445 e. The Morgan fingerprint density at radius 2 is 0.909 bits per heavy atom. The van der Waals surface area contributed by atoms with Gasteiger partial charge in [-0.3, -0.25) is 30.0 Å². The maximum atomic E-state index is 13.5. The van der Waals surface area contributed by atoms with Gasteiger partial charge in [0.15, 0.2) is 0 Å². The van der Waals surface area contributed by atoms with Crippen LogP contribution >= 0.6 is 0 Å². The summed E-state index contributed by atoms with van der Waals surface area (Å²) >= 11 is 0. The third-order valence-electron chi connectivity index (χ3n) is 14.6. The Balaban J connectivity index is 0.000000313. The second-order valence-corrected chi connectivity index (χ2v) is 20.3. The zero-order valence-corrected chi connectivity index (χ0v) is 45.6. The first-order valence-electron chi connectivity index (χ1n) is 26.3. The molecule has 6 aromatic rings. The average Bonchev–Trinajstić information content (AvgIpc) is 2.64. The zero-order valence-electron chi connectivity index (χ0n) is 45.6. The highest BCUT2D eigenvalue weighted by atomic mass is 19.4. The lowest BCUT2D eigenvalue weighted by atomic mass is 9.79. The summed E-state index contributed by atoms with van der Waals surface area (Å²) < 4.78 is 185. The summed E-state index contributed by atoms with van der Waals surface area (Å²) in [6.07, 6.45) is -23.7. The number of alkyl halides is 12. The van der Waals surface area contributed by atoms with Crippen molar-refractivity contribution in [3.05, 3.63) is 245 Å². The second-order valence-electron chi connectivity index (χ2n) is 20.3. The molecule has 5 atom stereocenters. The van der Waals surface area contributed by atoms with Crippen LogP contribution in [0.2, 0.25) is 0 Å². The first kappa shape index (κ1) is 70.2. The lowest BCUT2D eigenvalue weighted by molar-refractivity contribution is -0.528. The number of hydrogen-bond acceptors (Lipinski definition) is 10. The molecule has 2 aliphatic heterocycles. The fraction of sp³-hybridized carbons (Fsp3) is 0.355. The van der Waals surface area contributed by atoms with Crippen LogP contribution in [0.15, 0.2) is 170 Å². The molecule has 0 aromatic heterocycles. The number of hydrogen-bond donors (Lipinski definition) is 0. The Bertz CT molecular complexity index is 3270. The zero-order chi connectivity index (χ0) is 62.8. The van der Waals surface area contributed by atoms with Crippen molar-refractivity contribution in [2.45, 2.75) is 122 Å². The smallest absolute Gasteiger partial charge is 0.416 e. The van der Waals surface area contributed by atoms with Crippen molar-refractivity contribution >= 4 is 12.2 Å². The largest absolute Gasteiger partial charge is 0.445 e. The number of allylic oxidation sites excluding steroid dienone is 1. The first-order valence-corrected chi connectivity index (χ1v) is 26.3. The number of halogens is 12. The number of rotatable bonds is 16. The normalized spacial score (nSPS) is 18.6. The van der Waals surface area contributed by atoms with Crippen LogP contribution in [0.25, 0.3) is 0 Å². The molecule has 1 unspecified atom stereocenters. The van der Waals surface area contributed by atoms with Crippen molar-refractivity contribution in [1.82, 2.24) is 9.80 Å². The predicted molar refractivity (Wildman–Crippen MR) is 297 cm³/mol. The molecular weight excluding hydrogens is 1190 g/mol. The lowest BCUT2D eigenvalue weighted by Gasteiger charge is -2.47. The maximum Gasteiger partial charge on any atom is 0.416 e. The van der Waals surface area contributed by atoms with E-state index in [9.17, 15) is 82.5 Å². The van der Waals surface area contributed by atoms with Crippen LogP contribution in [0.5, 0.6) is 0 Å². The molecule has 0 bridgehead atoms. The molecule has 0 radical (unpaired) electrons. The van der Waals surface area contributed by atoms with Gasteiger partial charge < -0.3 is 18.9 Å². The molecule has 0 saturated carbocycles. The highest BCUT2D eigenvalue weighted by Gasteiger charge is 2.51. The molecule has 2 amide bonds. The van der Waals surface area contributed by atoms with Gasteiger partial charge >= 0.3 is 36.9 Å². The summed E-state index contributed by atoms with van der Waals surface area (Å²) in [6.45, 7) is 1.12. The fourth-order valence-electron chi connectivity index (χ4n) is 9.87. The number of carbonyl (C=O) groups excluding carboxylic acids is 2. The van der Waals surface area contributed by atoms with Crippen molar-refractivity contribution in [3.63, 3.8) is 0 Å². The summed E-state index contributed by atoms with van der Waals surface area (Å²) in [5.74, 6) is 0.